The van der Waals surface area contributed by atoms with Crippen LogP contribution >= 0.6 is 0 Å². The molecular weight excluding hydrogens is 411 g/mol. The van der Waals surface area contributed by atoms with Crippen LogP contribution in [-0.4, -0.2) is 37.8 Å². The summed E-state index contributed by atoms with van der Waals surface area (Å²) in [5, 5.41) is 9.90. The van der Waals surface area contributed by atoms with Crippen molar-refractivity contribution in [3.8, 4) is 28.4 Å². The average molecular weight is 431 g/mol. The zero-order chi connectivity index (χ0) is 22.6. The van der Waals surface area contributed by atoms with Gasteiger partial charge in [-0.1, -0.05) is 0 Å². The Bertz CT molecular complexity index is 1050. The fourth-order valence-corrected chi connectivity index (χ4v) is 2.74. The van der Waals surface area contributed by atoms with Crippen molar-refractivity contribution in [2.45, 2.75) is 38.7 Å². The van der Waals surface area contributed by atoms with Crippen molar-refractivity contribution >= 4 is 5.78 Å². The van der Waals surface area contributed by atoms with Crippen LogP contribution in [0, 0.1) is 0 Å². The number of rotatable bonds is 7. The van der Waals surface area contributed by atoms with Gasteiger partial charge in [-0.2, -0.15) is 0 Å². The molecule has 0 amide bonds. The fraction of sp³-hybridized carbons (Fsp3) is 0.273. The van der Waals surface area contributed by atoms with Gasteiger partial charge in [-0.15, -0.1) is 13.2 Å². The lowest BCUT2D eigenvalue weighted by Crippen LogP contribution is -2.20. The summed E-state index contributed by atoms with van der Waals surface area (Å²) in [7, 11) is 0. The summed E-state index contributed by atoms with van der Waals surface area (Å²) in [5.74, 6) is -0.389. The molecule has 0 saturated carbocycles. The molecule has 0 aliphatic heterocycles. The van der Waals surface area contributed by atoms with Crippen LogP contribution in [0.3, 0.4) is 0 Å². The quantitative estimate of drug-likeness (QED) is 0.539. The van der Waals surface area contributed by atoms with Crippen LogP contribution in [0.25, 0.3) is 22.6 Å². The van der Waals surface area contributed by atoms with Crippen LogP contribution in [0.15, 0.2) is 54.9 Å². The standard InChI is InChI=1S/C22H20F3N3O3/c1-21(2,30)10-9-19(29)18-12-17(27-20(28-18)15-4-3-11-26-13-15)14-5-7-16(8-6-14)31-22(23,24)25/h3-8,11-13,30H,9-10H2,1-2H3. The number of pyridine rings is 1. The van der Waals surface area contributed by atoms with Crippen LogP contribution in [0.2, 0.25) is 0 Å². The topological polar surface area (TPSA) is 85.2 Å². The molecule has 0 aliphatic carbocycles. The number of Topliss-reactive ketones (excluding diaryl/α,β-unsaturated/α-hetero) is 1. The van der Waals surface area contributed by atoms with E-state index < -0.39 is 12.0 Å². The number of ketones is 1. The summed E-state index contributed by atoms with van der Waals surface area (Å²) in [4.78, 5) is 25.5. The molecule has 0 unspecified atom stereocenters. The maximum absolute atomic E-state index is 12.7. The predicted octanol–water partition coefficient (Wildman–Crippen LogP) is 4.84. The third-order valence-corrected chi connectivity index (χ3v) is 4.28. The molecule has 0 bridgehead atoms. The van der Waals surface area contributed by atoms with Crippen molar-refractivity contribution in [3.05, 3.63) is 60.6 Å². The number of aliphatic hydroxyl groups is 1. The molecule has 1 N–H and O–H groups in total. The zero-order valence-electron chi connectivity index (χ0n) is 16.8. The van der Waals surface area contributed by atoms with Gasteiger partial charge in [-0.05, 0) is 62.7 Å². The van der Waals surface area contributed by atoms with E-state index in [9.17, 15) is 23.1 Å². The monoisotopic (exact) mass is 431 g/mol. The van der Waals surface area contributed by atoms with Crippen molar-refractivity contribution in [2.24, 2.45) is 0 Å². The van der Waals surface area contributed by atoms with Crippen LogP contribution in [0.5, 0.6) is 5.75 Å². The normalized spacial score (nSPS) is 11.9. The molecule has 0 fully saturated rings. The van der Waals surface area contributed by atoms with Crippen molar-refractivity contribution in [2.75, 3.05) is 0 Å². The summed E-state index contributed by atoms with van der Waals surface area (Å²) < 4.78 is 41.1. The Morgan fingerprint density at radius 2 is 1.77 bits per heavy atom. The lowest BCUT2D eigenvalue weighted by molar-refractivity contribution is -0.274. The Balaban J connectivity index is 1.98. The van der Waals surface area contributed by atoms with Gasteiger partial charge in [0, 0.05) is 29.9 Å². The van der Waals surface area contributed by atoms with E-state index in [1.54, 1.807) is 38.4 Å². The van der Waals surface area contributed by atoms with Gasteiger partial charge in [0.25, 0.3) is 0 Å². The first-order valence-corrected chi connectivity index (χ1v) is 9.41. The molecule has 0 saturated heterocycles. The van der Waals surface area contributed by atoms with Gasteiger partial charge in [0.2, 0.25) is 0 Å². The highest BCUT2D eigenvalue weighted by Gasteiger charge is 2.31. The molecule has 0 spiro atoms. The van der Waals surface area contributed by atoms with Crippen LogP contribution in [0.1, 0.15) is 37.2 Å². The molecule has 0 aliphatic rings. The van der Waals surface area contributed by atoms with Gasteiger partial charge in [0.1, 0.15) is 11.4 Å². The van der Waals surface area contributed by atoms with Crippen molar-refractivity contribution < 1.29 is 27.8 Å². The fourth-order valence-electron chi connectivity index (χ4n) is 2.74. The Hall–Kier alpha value is -3.33. The Kier molecular flexibility index (Phi) is 6.35. The number of carbonyl (C=O) groups is 1. The Labute approximate surface area is 176 Å². The van der Waals surface area contributed by atoms with E-state index in [0.29, 0.717) is 16.8 Å². The first-order chi connectivity index (χ1) is 14.5. The highest BCUT2D eigenvalue weighted by atomic mass is 19.4. The molecule has 2 heterocycles. The maximum Gasteiger partial charge on any atom is 0.573 e. The highest BCUT2D eigenvalue weighted by Crippen LogP contribution is 2.28. The van der Waals surface area contributed by atoms with E-state index in [4.69, 9.17) is 0 Å². The van der Waals surface area contributed by atoms with E-state index in [1.807, 2.05) is 0 Å². The maximum atomic E-state index is 12.7. The minimum Gasteiger partial charge on any atom is -0.406 e. The number of hydrogen-bond acceptors (Lipinski definition) is 6. The molecule has 2 aromatic heterocycles. The van der Waals surface area contributed by atoms with Gasteiger partial charge >= 0.3 is 6.36 Å². The van der Waals surface area contributed by atoms with E-state index in [-0.39, 0.29) is 35.9 Å². The van der Waals surface area contributed by atoms with E-state index in [1.165, 1.54) is 30.3 Å². The van der Waals surface area contributed by atoms with Gasteiger partial charge < -0.3 is 9.84 Å². The first-order valence-electron chi connectivity index (χ1n) is 9.41. The zero-order valence-corrected chi connectivity index (χ0v) is 16.8. The largest absolute Gasteiger partial charge is 0.573 e. The molecule has 1 aromatic carbocycles. The Morgan fingerprint density at radius 3 is 2.35 bits per heavy atom. The smallest absolute Gasteiger partial charge is 0.406 e. The van der Waals surface area contributed by atoms with Crippen molar-refractivity contribution in [1.82, 2.24) is 15.0 Å². The number of hydrogen-bond donors (Lipinski definition) is 1. The van der Waals surface area contributed by atoms with E-state index in [2.05, 4.69) is 19.7 Å². The number of aromatic nitrogens is 3. The molecule has 162 valence electrons. The number of benzene rings is 1. The third-order valence-electron chi connectivity index (χ3n) is 4.28. The number of carbonyl (C=O) groups excluding carboxylic acids is 1. The Morgan fingerprint density at radius 1 is 1.06 bits per heavy atom. The minimum absolute atomic E-state index is 0.0742. The lowest BCUT2D eigenvalue weighted by atomic mass is 9.99. The molecule has 9 heteroatoms. The molecule has 0 radical (unpaired) electrons. The van der Waals surface area contributed by atoms with Crippen molar-refractivity contribution in [3.63, 3.8) is 0 Å². The second-order valence-electron chi connectivity index (χ2n) is 7.51. The SMILES string of the molecule is CC(C)(O)CCC(=O)c1cc(-c2ccc(OC(F)(F)F)cc2)nc(-c2cccnc2)n1. The summed E-state index contributed by atoms with van der Waals surface area (Å²) in [6, 6.07) is 10.1. The van der Waals surface area contributed by atoms with Gasteiger partial charge in [0.05, 0.1) is 11.3 Å². The predicted molar refractivity (Wildman–Crippen MR) is 107 cm³/mol. The number of halogens is 3. The molecule has 6 nitrogen and oxygen atoms in total. The van der Waals surface area contributed by atoms with Gasteiger partial charge in [-0.25, -0.2) is 9.97 Å². The minimum atomic E-state index is -4.79. The van der Waals surface area contributed by atoms with Crippen molar-refractivity contribution in [1.29, 1.82) is 0 Å². The molecule has 31 heavy (non-hydrogen) atoms. The number of ether oxygens (including phenoxy) is 1. The second-order valence-corrected chi connectivity index (χ2v) is 7.51. The van der Waals surface area contributed by atoms with Gasteiger partial charge in [-0.3, -0.25) is 9.78 Å². The molecule has 3 aromatic rings. The first kappa shape index (κ1) is 22.4. The summed E-state index contributed by atoms with van der Waals surface area (Å²) >= 11 is 0. The van der Waals surface area contributed by atoms with E-state index >= 15 is 0 Å². The summed E-state index contributed by atoms with van der Waals surface area (Å²) in [6.07, 6.45) is -1.34. The van der Waals surface area contributed by atoms with Crippen LogP contribution in [-0.2, 0) is 0 Å². The second kappa shape index (κ2) is 8.81. The van der Waals surface area contributed by atoms with Gasteiger partial charge in [0.15, 0.2) is 11.6 Å². The highest BCUT2D eigenvalue weighted by molar-refractivity contribution is 5.95. The number of nitrogens with zero attached hydrogens (tertiary/aromatic N) is 3. The molecular formula is C22H20F3N3O3. The lowest BCUT2D eigenvalue weighted by Gasteiger charge is -2.16. The van der Waals surface area contributed by atoms with Crippen LogP contribution in [0.4, 0.5) is 13.2 Å². The average Bonchev–Trinajstić information content (AvgIpc) is 2.71. The molecule has 0 atom stereocenters. The van der Waals surface area contributed by atoms with E-state index in [0.717, 1.165) is 0 Å². The third kappa shape index (κ3) is 6.58. The molecule has 3 rings (SSSR count). The summed E-state index contributed by atoms with van der Waals surface area (Å²) in [6.45, 7) is 3.22. The van der Waals surface area contributed by atoms with Crippen LogP contribution < -0.4 is 4.74 Å². The summed E-state index contributed by atoms with van der Waals surface area (Å²) in [5.41, 5.74) is 0.561. The number of alkyl halides is 3.